The van der Waals surface area contributed by atoms with Gasteiger partial charge in [-0.3, -0.25) is 24.9 Å². The van der Waals surface area contributed by atoms with E-state index in [2.05, 4.69) is 89.9 Å². The molecule has 0 aliphatic carbocycles. The molecule has 0 radical (unpaired) electrons. The van der Waals surface area contributed by atoms with E-state index >= 15 is 0 Å². The number of nitrogens with zero attached hydrogens (tertiary/aromatic N) is 8. The molecule has 11 aromatic rings. The molecule has 0 aliphatic rings. The van der Waals surface area contributed by atoms with Crippen LogP contribution >= 0.6 is 0 Å². The molecule has 0 spiro atoms. The third-order valence-electron chi connectivity index (χ3n) is 10.5. The topological polar surface area (TPSA) is 103 Å². The molecule has 270 valence electrons. The van der Waals surface area contributed by atoms with Crippen LogP contribution in [0.3, 0.4) is 0 Å². The third kappa shape index (κ3) is 5.88. The first-order valence-electron chi connectivity index (χ1n) is 19.0. The minimum absolute atomic E-state index is 0.554. The summed E-state index contributed by atoms with van der Waals surface area (Å²) in [5.41, 5.74) is 12.2. The van der Waals surface area contributed by atoms with E-state index in [1.54, 1.807) is 6.20 Å². The summed E-state index contributed by atoms with van der Waals surface area (Å²) in [4.78, 5) is 38.9. The van der Waals surface area contributed by atoms with Gasteiger partial charge in [-0.05, 0) is 94.0 Å². The van der Waals surface area contributed by atoms with E-state index in [0.29, 0.717) is 17.5 Å². The second-order valence-corrected chi connectivity index (χ2v) is 14.1. The minimum atomic E-state index is 0.554. The van der Waals surface area contributed by atoms with Gasteiger partial charge in [0.25, 0.3) is 0 Å². The van der Waals surface area contributed by atoms with Crippen LogP contribution in [0, 0.1) is 0 Å². The summed E-state index contributed by atoms with van der Waals surface area (Å²) in [6.45, 7) is 0. The molecule has 8 nitrogen and oxygen atoms in total. The van der Waals surface area contributed by atoms with Crippen LogP contribution in [0.2, 0.25) is 0 Å². The van der Waals surface area contributed by atoms with Crippen molar-refractivity contribution >= 4 is 43.6 Å². The van der Waals surface area contributed by atoms with Crippen LogP contribution in [0.5, 0.6) is 0 Å². The van der Waals surface area contributed by atoms with Gasteiger partial charge in [-0.2, -0.15) is 0 Å². The molecule has 5 aromatic carbocycles. The van der Waals surface area contributed by atoms with Gasteiger partial charge in [0.1, 0.15) is 0 Å². The van der Waals surface area contributed by atoms with Gasteiger partial charge in [0, 0.05) is 75.4 Å². The fourth-order valence-corrected chi connectivity index (χ4v) is 7.79. The molecule has 58 heavy (non-hydrogen) atoms. The summed E-state index contributed by atoms with van der Waals surface area (Å²) in [5, 5.41) is 4.01. The van der Waals surface area contributed by atoms with E-state index in [-0.39, 0.29) is 0 Å². The normalized spacial score (nSPS) is 11.4. The maximum Gasteiger partial charge on any atom is 0.164 e. The lowest BCUT2D eigenvalue weighted by atomic mass is 9.91. The third-order valence-corrected chi connectivity index (χ3v) is 10.5. The maximum absolute atomic E-state index is 5.22. The van der Waals surface area contributed by atoms with E-state index in [4.69, 9.17) is 34.9 Å². The molecule has 11 rings (SSSR count). The number of fused-ring (bicyclic) bond motifs is 6. The van der Waals surface area contributed by atoms with Gasteiger partial charge in [-0.25, -0.2) is 15.0 Å². The summed E-state index contributed by atoms with van der Waals surface area (Å²) in [7, 11) is 0. The smallest absolute Gasteiger partial charge is 0.164 e. The van der Waals surface area contributed by atoms with Crippen LogP contribution in [0.1, 0.15) is 0 Å². The van der Waals surface area contributed by atoms with E-state index in [1.807, 2.05) is 91.6 Å². The van der Waals surface area contributed by atoms with Crippen molar-refractivity contribution in [3.05, 3.63) is 183 Å². The van der Waals surface area contributed by atoms with Gasteiger partial charge in [0.15, 0.2) is 17.5 Å². The Hall–Kier alpha value is -8.10. The Kier molecular flexibility index (Phi) is 7.96. The molecule has 6 aromatic heterocycles. The predicted molar refractivity (Wildman–Crippen MR) is 231 cm³/mol. The van der Waals surface area contributed by atoms with Gasteiger partial charge in [0.2, 0.25) is 0 Å². The molecule has 0 N–H and O–H groups in total. The second-order valence-electron chi connectivity index (χ2n) is 14.1. The van der Waals surface area contributed by atoms with Gasteiger partial charge in [-0.15, -0.1) is 0 Å². The first kappa shape index (κ1) is 33.3. The molecule has 0 bridgehead atoms. The Balaban J connectivity index is 1.18. The average molecular weight is 743 g/mol. The van der Waals surface area contributed by atoms with Crippen LogP contribution in [-0.4, -0.2) is 39.9 Å². The van der Waals surface area contributed by atoms with E-state index in [9.17, 15) is 0 Å². The quantitative estimate of drug-likeness (QED) is 0.155. The molecule has 0 aliphatic heterocycles. The standard InChI is InChI=1S/C50H30N8/c1-2-9-32(10-3-1)48-56-49(33-18-16-31(17-19-33)36-13-4-20-51-30-36)58-50(57-48)39-26-37(42-28-34-11-5-21-52-44(34)46-40(42)14-7-23-54-46)25-38(27-39)43-29-35-12-6-22-53-45(35)47-41(43)15-8-24-55-47/h1-30H. The van der Waals surface area contributed by atoms with Crippen LogP contribution in [0.25, 0.3) is 111 Å². The minimum Gasteiger partial charge on any atom is -0.264 e. The fourth-order valence-electron chi connectivity index (χ4n) is 7.79. The van der Waals surface area contributed by atoms with Gasteiger partial charge >= 0.3 is 0 Å². The average Bonchev–Trinajstić information content (AvgIpc) is 3.31. The van der Waals surface area contributed by atoms with Crippen molar-refractivity contribution in [2.45, 2.75) is 0 Å². The van der Waals surface area contributed by atoms with Crippen molar-refractivity contribution in [2.24, 2.45) is 0 Å². The Labute approximate surface area is 332 Å². The van der Waals surface area contributed by atoms with Crippen molar-refractivity contribution in [3.8, 4) is 67.5 Å². The van der Waals surface area contributed by atoms with E-state index in [0.717, 1.165) is 93.7 Å². The van der Waals surface area contributed by atoms with Gasteiger partial charge < -0.3 is 0 Å². The highest BCUT2D eigenvalue weighted by Crippen LogP contribution is 2.40. The molecular weight excluding hydrogens is 713 g/mol. The predicted octanol–water partition coefficient (Wildman–Crippen LogP) is 11.5. The van der Waals surface area contributed by atoms with Crippen LogP contribution in [0.4, 0.5) is 0 Å². The number of benzene rings is 5. The number of pyridine rings is 5. The molecule has 0 saturated heterocycles. The van der Waals surface area contributed by atoms with Crippen molar-refractivity contribution < 1.29 is 0 Å². The molecule has 0 atom stereocenters. The lowest BCUT2D eigenvalue weighted by molar-refractivity contribution is 1.07. The lowest BCUT2D eigenvalue weighted by Gasteiger charge is -2.16. The largest absolute Gasteiger partial charge is 0.264 e. The molecule has 8 heteroatoms. The van der Waals surface area contributed by atoms with Crippen molar-refractivity contribution in [2.75, 3.05) is 0 Å². The molecule has 0 saturated carbocycles. The highest BCUT2D eigenvalue weighted by atomic mass is 15.0. The summed E-state index contributed by atoms with van der Waals surface area (Å²) >= 11 is 0. The van der Waals surface area contributed by atoms with Crippen LogP contribution in [-0.2, 0) is 0 Å². The zero-order valence-corrected chi connectivity index (χ0v) is 30.9. The van der Waals surface area contributed by atoms with Crippen molar-refractivity contribution in [1.29, 1.82) is 0 Å². The lowest BCUT2D eigenvalue weighted by Crippen LogP contribution is -2.01. The molecular formula is C50H30N8. The van der Waals surface area contributed by atoms with Crippen LogP contribution < -0.4 is 0 Å². The first-order chi connectivity index (χ1) is 28.7. The Morgan fingerprint density at radius 1 is 0.293 bits per heavy atom. The Morgan fingerprint density at radius 2 is 0.741 bits per heavy atom. The zero-order valence-electron chi connectivity index (χ0n) is 30.9. The van der Waals surface area contributed by atoms with Gasteiger partial charge in [0.05, 0.1) is 22.1 Å². The summed E-state index contributed by atoms with van der Waals surface area (Å²) < 4.78 is 0. The Bertz CT molecular complexity index is 3200. The fraction of sp³-hybridized carbons (Fsp3) is 0. The number of aromatic nitrogens is 8. The summed E-state index contributed by atoms with van der Waals surface area (Å²) in [6, 6.07) is 49.6. The van der Waals surface area contributed by atoms with Crippen LogP contribution in [0.15, 0.2) is 183 Å². The number of hydrogen-bond acceptors (Lipinski definition) is 8. The van der Waals surface area contributed by atoms with E-state index in [1.165, 1.54) is 0 Å². The summed E-state index contributed by atoms with van der Waals surface area (Å²) in [5.74, 6) is 1.71. The van der Waals surface area contributed by atoms with E-state index < -0.39 is 0 Å². The monoisotopic (exact) mass is 742 g/mol. The molecule has 0 amide bonds. The SMILES string of the molecule is c1ccc(-c2nc(-c3ccc(-c4cccnc4)cc3)nc(-c3cc(-c4cc5cccnc5c5ncccc45)cc(-c4cc5cccnc5c5ncccc45)c3)n2)cc1. The number of hydrogen-bond donors (Lipinski definition) is 0. The highest BCUT2D eigenvalue weighted by molar-refractivity contribution is 6.12. The van der Waals surface area contributed by atoms with Gasteiger partial charge in [-0.1, -0.05) is 84.9 Å². The van der Waals surface area contributed by atoms with Crippen molar-refractivity contribution in [3.63, 3.8) is 0 Å². The molecule has 0 unspecified atom stereocenters. The maximum atomic E-state index is 5.22. The Morgan fingerprint density at radius 3 is 1.29 bits per heavy atom. The zero-order chi connectivity index (χ0) is 38.4. The molecule has 6 heterocycles. The summed E-state index contributed by atoms with van der Waals surface area (Å²) in [6.07, 6.45) is 10.9. The van der Waals surface area contributed by atoms with Crippen molar-refractivity contribution in [1.82, 2.24) is 39.9 Å². The molecule has 0 fully saturated rings. The highest BCUT2D eigenvalue weighted by Gasteiger charge is 2.19. The first-order valence-corrected chi connectivity index (χ1v) is 19.0. The second kappa shape index (κ2) is 13.9. The number of rotatable bonds is 6.